The first-order valence-electron chi connectivity index (χ1n) is 6.95. The topological polar surface area (TPSA) is 69.6 Å². The first kappa shape index (κ1) is 14.4. The molecule has 0 radical (unpaired) electrons. The molecule has 2 amide bonds. The van der Waals surface area contributed by atoms with Crippen LogP contribution in [0.4, 0.5) is 10.5 Å². The van der Waals surface area contributed by atoms with E-state index in [4.69, 9.17) is 5.11 Å². The number of carbonyl (C=O) groups is 2. The Morgan fingerprint density at radius 1 is 1.45 bits per heavy atom. The first-order chi connectivity index (χ1) is 9.54. The summed E-state index contributed by atoms with van der Waals surface area (Å²) in [5.74, 6) is -0.986. The smallest absolute Gasteiger partial charge is 0.326 e. The summed E-state index contributed by atoms with van der Waals surface area (Å²) in [7, 11) is 0. The number of hydrogen-bond donors (Lipinski definition) is 2. The number of aliphatic carboxylic acids is 1. The predicted octanol–water partition coefficient (Wildman–Crippen LogP) is 2.40. The molecule has 1 aliphatic rings. The molecule has 0 bridgehead atoms. The van der Waals surface area contributed by atoms with Crippen LogP contribution < -0.4 is 10.2 Å². The highest BCUT2D eigenvalue weighted by atomic mass is 16.4. The molecule has 5 nitrogen and oxygen atoms in total. The van der Waals surface area contributed by atoms with Gasteiger partial charge in [-0.25, -0.2) is 9.59 Å². The second kappa shape index (κ2) is 5.94. The van der Waals surface area contributed by atoms with E-state index in [-0.39, 0.29) is 12.1 Å². The third kappa shape index (κ3) is 2.76. The molecule has 1 aliphatic heterocycles. The third-order valence-corrected chi connectivity index (χ3v) is 3.60. The zero-order valence-corrected chi connectivity index (χ0v) is 11.8. The van der Waals surface area contributed by atoms with Gasteiger partial charge in [-0.2, -0.15) is 0 Å². The minimum atomic E-state index is -0.986. The van der Waals surface area contributed by atoms with Crippen LogP contribution in [0.2, 0.25) is 0 Å². The van der Waals surface area contributed by atoms with Gasteiger partial charge >= 0.3 is 12.0 Å². The summed E-state index contributed by atoms with van der Waals surface area (Å²) in [5, 5.41) is 11.7. The van der Waals surface area contributed by atoms with Crippen LogP contribution in [0.5, 0.6) is 0 Å². The monoisotopic (exact) mass is 276 g/mol. The van der Waals surface area contributed by atoms with E-state index < -0.39 is 12.0 Å². The molecule has 0 fully saturated rings. The van der Waals surface area contributed by atoms with E-state index in [0.29, 0.717) is 12.8 Å². The SMILES string of the molecule is CCC[C@@H](NC(=O)N1c2ccccc2CC1C)C(=O)O. The number of benzene rings is 1. The first-order valence-corrected chi connectivity index (χ1v) is 6.95. The number of nitrogens with zero attached hydrogens (tertiary/aromatic N) is 1. The number of anilines is 1. The molecule has 0 saturated carbocycles. The summed E-state index contributed by atoms with van der Waals surface area (Å²) < 4.78 is 0. The maximum Gasteiger partial charge on any atom is 0.326 e. The summed E-state index contributed by atoms with van der Waals surface area (Å²) in [6, 6.07) is 6.62. The Bertz CT molecular complexity index is 516. The Morgan fingerprint density at radius 2 is 2.15 bits per heavy atom. The van der Waals surface area contributed by atoms with Gasteiger partial charge in [-0.3, -0.25) is 4.90 Å². The summed E-state index contributed by atoms with van der Waals surface area (Å²) in [6.07, 6.45) is 1.95. The van der Waals surface area contributed by atoms with Crippen molar-refractivity contribution in [3.8, 4) is 0 Å². The second-order valence-electron chi connectivity index (χ2n) is 5.18. The number of rotatable bonds is 4. The lowest BCUT2D eigenvalue weighted by Gasteiger charge is -2.25. The van der Waals surface area contributed by atoms with Gasteiger partial charge in [0, 0.05) is 11.7 Å². The molecule has 0 spiro atoms. The molecule has 2 N–H and O–H groups in total. The number of amides is 2. The van der Waals surface area contributed by atoms with Crippen LogP contribution >= 0.6 is 0 Å². The fraction of sp³-hybridized carbons (Fsp3) is 0.467. The zero-order chi connectivity index (χ0) is 14.7. The minimum absolute atomic E-state index is 0.0449. The molecule has 20 heavy (non-hydrogen) atoms. The van der Waals surface area contributed by atoms with E-state index in [1.165, 1.54) is 0 Å². The number of urea groups is 1. The van der Waals surface area contributed by atoms with E-state index in [9.17, 15) is 9.59 Å². The van der Waals surface area contributed by atoms with Gasteiger partial charge in [0.2, 0.25) is 0 Å². The average Bonchev–Trinajstić information content (AvgIpc) is 2.73. The molecule has 2 atom stereocenters. The fourth-order valence-electron chi connectivity index (χ4n) is 2.64. The van der Waals surface area contributed by atoms with Gasteiger partial charge in [-0.1, -0.05) is 31.5 Å². The highest BCUT2D eigenvalue weighted by Gasteiger charge is 2.32. The maximum absolute atomic E-state index is 12.4. The number of nitrogens with one attached hydrogen (secondary N) is 1. The number of carbonyl (C=O) groups excluding carboxylic acids is 1. The van der Waals surface area contributed by atoms with E-state index >= 15 is 0 Å². The van der Waals surface area contributed by atoms with Crippen molar-refractivity contribution in [1.29, 1.82) is 0 Å². The van der Waals surface area contributed by atoms with Crippen LogP contribution in [0.1, 0.15) is 32.3 Å². The van der Waals surface area contributed by atoms with Crippen LogP contribution in [0.25, 0.3) is 0 Å². The lowest BCUT2D eigenvalue weighted by Crippen LogP contribution is -2.49. The molecule has 0 aromatic heterocycles. The summed E-state index contributed by atoms with van der Waals surface area (Å²) in [6.45, 7) is 3.87. The number of para-hydroxylation sites is 1. The molecular formula is C15H20N2O3. The highest BCUT2D eigenvalue weighted by molar-refractivity contribution is 5.96. The van der Waals surface area contributed by atoms with Crippen LogP contribution in [0.3, 0.4) is 0 Å². The van der Waals surface area contributed by atoms with Crippen molar-refractivity contribution in [2.24, 2.45) is 0 Å². The van der Waals surface area contributed by atoms with Gasteiger partial charge in [0.1, 0.15) is 6.04 Å². The Morgan fingerprint density at radius 3 is 2.80 bits per heavy atom. The Labute approximate surface area is 118 Å². The molecular weight excluding hydrogens is 256 g/mol. The van der Waals surface area contributed by atoms with E-state index in [1.807, 2.05) is 38.1 Å². The molecule has 2 rings (SSSR count). The van der Waals surface area contributed by atoms with Gasteiger partial charge in [0.15, 0.2) is 0 Å². The van der Waals surface area contributed by atoms with Crippen molar-refractivity contribution in [2.75, 3.05) is 4.90 Å². The van der Waals surface area contributed by atoms with Crippen LogP contribution in [0.15, 0.2) is 24.3 Å². The molecule has 1 heterocycles. The molecule has 1 unspecified atom stereocenters. The Balaban J connectivity index is 2.15. The Hall–Kier alpha value is -2.04. The normalized spacial score (nSPS) is 18.5. The van der Waals surface area contributed by atoms with E-state index in [0.717, 1.165) is 17.7 Å². The molecule has 0 saturated heterocycles. The molecule has 0 aliphatic carbocycles. The third-order valence-electron chi connectivity index (χ3n) is 3.60. The van der Waals surface area contributed by atoms with Crippen molar-refractivity contribution in [2.45, 2.75) is 45.2 Å². The minimum Gasteiger partial charge on any atom is -0.480 e. The Kier molecular flexibility index (Phi) is 4.27. The van der Waals surface area contributed by atoms with E-state index in [1.54, 1.807) is 4.90 Å². The van der Waals surface area contributed by atoms with Crippen LogP contribution in [-0.2, 0) is 11.2 Å². The molecule has 1 aromatic rings. The highest BCUT2D eigenvalue weighted by Crippen LogP contribution is 2.31. The van der Waals surface area contributed by atoms with Crippen molar-refractivity contribution in [3.63, 3.8) is 0 Å². The maximum atomic E-state index is 12.4. The summed E-state index contributed by atoms with van der Waals surface area (Å²) in [4.78, 5) is 25.1. The lowest BCUT2D eigenvalue weighted by atomic mass is 10.1. The average molecular weight is 276 g/mol. The predicted molar refractivity (Wildman–Crippen MR) is 77.0 cm³/mol. The van der Waals surface area contributed by atoms with Gasteiger partial charge in [-0.05, 0) is 31.4 Å². The van der Waals surface area contributed by atoms with Gasteiger partial charge in [-0.15, -0.1) is 0 Å². The van der Waals surface area contributed by atoms with Gasteiger partial charge in [0.25, 0.3) is 0 Å². The standard InChI is InChI=1S/C15H20N2O3/c1-3-6-12(14(18)19)16-15(20)17-10(2)9-11-7-4-5-8-13(11)17/h4-5,7-8,10,12H,3,6,9H2,1-2H3,(H,16,20)(H,18,19)/t10?,12-/m1/s1. The van der Waals surface area contributed by atoms with Crippen molar-refractivity contribution in [1.82, 2.24) is 5.32 Å². The number of fused-ring (bicyclic) bond motifs is 1. The molecule has 108 valence electrons. The van der Waals surface area contributed by atoms with Gasteiger partial charge < -0.3 is 10.4 Å². The van der Waals surface area contributed by atoms with Crippen molar-refractivity contribution < 1.29 is 14.7 Å². The van der Waals surface area contributed by atoms with E-state index in [2.05, 4.69) is 5.32 Å². The molecule has 5 heteroatoms. The number of carboxylic acids is 1. The summed E-state index contributed by atoms with van der Waals surface area (Å²) in [5.41, 5.74) is 2.00. The summed E-state index contributed by atoms with van der Waals surface area (Å²) >= 11 is 0. The number of hydrogen-bond acceptors (Lipinski definition) is 2. The lowest BCUT2D eigenvalue weighted by molar-refractivity contribution is -0.139. The number of carboxylic acid groups (broad SMARTS) is 1. The van der Waals surface area contributed by atoms with Gasteiger partial charge in [0.05, 0.1) is 0 Å². The van der Waals surface area contributed by atoms with Crippen LogP contribution in [-0.4, -0.2) is 29.2 Å². The van der Waals surface area contributed by atoms with Crippen LogP contribution in [0, 0.1) is 0 Å². The molecule has 1 aromatic carbocycles. The quantitative estimate of drug-likeness (QED) is 0.887. The van der Waals surface area contributed by atoms with Crippen molar-refractivity contribution in [3.05, 3.63) is 29.8 Å². The fourth-order valence-corrected chi connectivity index (χ4v) is 2.64. The second-order valence-corrected chi connectivity index (χ2v) is 5.18. The van der Waals surface area contributed by atoms with Crippen molar-refractivity contribution >= 4 is 17.7 Å². The zero-order valence-electron chi connectivity index (χ0n) is 11.8. The largest absolute Gasteiger partial charge is 0.480 e.